The third-order valence-corrected chi connectivity index (χ3v) is 5.01. The molecule has 7 nitrogen and oxygen atoms in total. The van der Waals surface area contributed by atoms with Crippen LogP contribution in [0.3, 0.4) is 0 Å². The number of nitrogens with one attached hydrogen (secondary N) is 1. The summed E-state index contributed by atoms with van der Waals surface area (Å²) in [6, 6.07) is 10.7. The average molecular weight is 375 g/mol. The molecule has 3 rings (SSSR count). The standard InChI is InChI=1S/C18H17NO6S/c20-18(21)9-4-13-2-6-15(7-3-13)26(22,23)19-14-5-8-16-17(12-14)25-11-1-10-24-16/h2-9,12,19H,1,10-11H2,(H,20,21)/b9-4-. The van der Waals surface area contributed by atoms with Gasteiger partial charge in [-0.2, -0.15) is 0 Å². The van der Waals surface area contributed by atoms with E-state index in [-0.39, 0.29) is 4.90 Å². The largest absolute Gasteiger partial charge is 0.490 e. The molecule has 2 N–H and O–H groups in total. The number of carboxylic acids is 1. The first kappa shape index (κ1) is 17.8. The van der Waals surface area contributed by atoms with Gasteiger partial charge in [-0.3, -0.25) is 4.72 Å². The smallest absolute Gasteiger partial charge is 0.328 e. The molecule has 0 amide bonds. The quantitative estimate of drug-likeness (QED) is 0.779. The van der Waals surface area contributed by atoms with Gasteiger partial charge in [-0.25, -0.2) is 13.2 Å². The molecule has 136 valence electrons. The number of carbonyl (C=O) groups is 1. The van der Waals surface area contributed by atoms with Gasteiger partial charge in [-0.05, 0) is 35.9 Å². The first-order valence-corrected chi connectivity index (χ1v) is 9.36. The number of rotatable bonds is 5. The Balaban J connectivity index is 1.78. The molecule has 0 atom stereocenters. The third kappa shape index (κ3) is 4.34. The highest BCUT2D eigenvalue weighted by Crippen LogP contribution is 2.33. The van der Waals surface area contributed by atoms with E-state index in [4.69, 9.17) is 14.6 Å². The highest BCUT2D eigenvalue weighted by molar-refractivity contribution is 7.92. The molecular formula is C18H17NO6S. The summed E-state index contributed by atoms with van der Waals surface area (Å²) in [6.45, 7) is 1.06. The highest BCUT2D eigenvalue weighted by atomic mass is 32.2. The molecule has 0 saturated heterocycles. The number of ether oxygens (including phenoxy) is 2. The van der Waals surface area contributed by atoms with E-state index in [2.05, 4.69) is 4.72 Å². The number of aliphatic carboxylic acids is 1. The van der Waals surface area contributed by atoms with Gasteiger partial charge in [0.05, 0.1) is 23.8 Å². The number of carboxylic acid groups (broad SMARTS) is 1. The fourth-order valence-electron chi connectivity index (χ4n) is 2.37. The summed E-state index contributed by atoms with van der Waals surface area (Å²) < 4.78 is 38.6. The molecule has 0 aromatic heterocycles. The summed E-state index contributed by atoms with van der Waals surface area (Å²) in [4.78, 5) is 10.6. The molecular weight excluding hydrogens is 358 g/mol. The van der Waals surface area contributed by atoms with E-state index in [1.807, 2.05) is 0 Å². The fraction of sp³-hybridized carbons (Fsp3) is 0.167. The van der Waals surface area contributed by atoms with Crippen LogP contribution in [0.5, 0.6) is 11.5 Å². The Morgan fingerprint density at radius 2 is 1.73 bits per heavy atom. The molecule has 1 aliphatic rings. The molecule has 2 aromatic carbocycles. The van der Waals surface area contributed by atoms with E-state index in [0.29, 0.717) is 36.0 Å². The van der Waals surface area contributed by atoms with Crippen molar-refractivity contribution in [2.45, 2.75) is 11.3 Å². The van der Waals surface area contributed by atoms with Gasteiger partial charge in [-0.15, -0.1) is 0 Å². The molecule has 0 radical (unpaired) electrons. The molecule has 1 heterocycles. The maximum Gasteiger partial charge on any atom is 0.328 e. The van der Waals surface area contributed by atoms with E-state index in [0.717, 1.165) is 12.5 Å². The van der Waals surface area contributed by atoms with E-state index >= 15 is 0 Å². The zero-order valence-electron chi connectivity index (χ0n) is 13.7. The van der Waals surface area contributed by atoms with Crippen molar-refractivity contribution in [3.05, 3.63) is 54.1 Å². The van der Waals surface area contributed by atoms with Gasteiger partial charge in [0.2, 0.25) is 0 Å². The van der Waals surface area contributed by atoms with Crippen molar-refractivity contribution in [1.82, 2.24) is 0 Å². The molecule has 0 spiro atoms. The topological polar surface area (TPSA) is 102 Å². The minimum Gasteiger partial charge on any atom is -0.490 e. The summed E-state index contributed by atoms with van der Waals surface area (Å²) in [6.07, 6.45) is 3.13. The predicted octanol–water partition coefficient (Wildman–Crippen LogP) is 2.75. The van der Waals surface area contributed by atoms with Crippen LogP contribution < -0.4 is 14.2 Å². The van der Waals surface area contributed by atoms with Crippen LogP contribution in [0.4, 0.5) is 5.69 Å². The van der Waals surface area contributed by atoms with Gasteiger partial charge < -0.3 is 14.6 Å². The van der Waals surface area contributed by atoms with Crippen LogP contribution in [0, 0.1) is 0 Å². The molecule has 1 aliphatic heterocycles. The number of benzene rings is 2. The van der Waals surface area contributed by atoms with Crippen molar-refractivity contribution in [3.63, 3.8) is 0 Å². The van der Waals surface area contributed by atoms with E-state index in [1.54, 1.807) is 18.2 Å². The zero-order valence-corrected chi connectivity index (χ0v) is 14.5. The number of hydrogen-bond acceptors (Lipinski definition) is 5. The Kier molecular flexibility index (Phi) is 5.13. The maximum atomic E-state index is 12.5. The summed E-state index contributed by atoms with van der Waals surface area (Å²) in [5, 5.41) is 8.61. The Labute approximate surface area is 150 Å². The normalized spacial score (nSPS) is 14.0. The fourth-order valence-corrected chi connectivity index (χ4v) is 3.42. The highest BCUT2D eigenvalue weighted by Gasteiger charge is 2.16. The van der Waals surface area contributed by atoms with Gasteiger partial charge in [0.25, 0.3) is 10.0 Å². The Morgan fingerprint density at radius 1 is 1.04 bits per heavy atom. The van der Waals surface area contributed by atoms with Crippen molar-refractivity contribution in [2.24, 2.45) is 0 Å². The summed E-state index contributed by atoms with van der Waals surface area (Å²) in [5.74, 6) is 0.00893. The van der Waals surface area contributed by atoms with Crippen LogP contribution >= 0.6 is 0 Å². The lowest BCUT2D eigenvalue weighted by Gasteiger charge is -2.12. The second kappa shape index (κ2) is 7.49. The van der Waals surface area contributed by atoms with Crippen molar-refractivity contribution in [1.29, 1.82) is 0 Å². The molecule has 8 heteroatoms. The van der Waals surface area contributed by atoms with Crippen molar-refractivity contribution in [2.75, 3.05) is 17.9 Å². The number of anilines is 1. The van der Waals surface area contributed by atoms with Gasteiger partial charge >= 0.3 is 5.97 Å². The Bertz CT molecular complexity index is 935. The van der Waals surface area contributed by atoms with Gasteiger partial charge in [-0.1, -0.05) is 12.1 Å². The second-order valence-corrected chi connectivity index (χ2v) is 7.24. The number of sulfonamides is 1. The van der Waals surface area contributed by atoms with Crippen LogP contribution in [0.25, 0.3) is 6.08 Å². The Morgan fingerprint density at radius 3 is 2.42 bits per heavy atom. The van der Waals surface area contributed by atoms with Crippen molar-refractivity contribution < 1.29 is 27.8 Å². The first-order chi connectivity index (χ1) is 12.4. The molecule has 0 aliphatic carbocycles. The van der Waals surface area contributed by atoms with Gasteiger partial charge in [0.15, 0.2) is 11.5 Å². The summed E-state index contributed by atoms with van der Waals surface area (Å²) >= 11 is 0. The molecule has 0 saturated carbocycles. The minimum atomic E-state index is -3.78. The third-order valence-electron chi connectivity index (χ3n) is 3.61. The lowest BCUT2D eigenvalue weighted by molar-refractivity contribution is -0.131. The zero-order chi connectivity index (χ0) is 18.6. The lowest BCUT2D eigenvalue weighted by atomic mass is 10.2. The predicted molar refractivity (Wildman–Crippen MR) is 96.0 cm³/mol. The summed E-state index contributed by atoms with van der Waals surface area (Å²) in [5.41, 5.74) is 0.950. The van der Waals surface area contributed by atoms with Crippen LogP contribution in [0.15, 0.2) is 53.4 Å². The molecule has 0 fully saturated rings. The Hall–Kier alpha value is -3.00. The average Bonchev–Trinajstić information content (AvgIpc) is 2.85. The van der Waals surface area contributed by atoms with Crippen LogP contribution in [-0.2, 0) is 14.8 Å². The SMILES string of the molecule is O=C(O)/C=C\c1ccc(S(=O)(=O)Nc2ccc3c(c2)OCCCO3)cc1. The second-order valence-electron chi connectivity index (χ2n) is 5.56. The van der Waals surface area contributed by atoms with Crippen LogP contribution in [0.1, 0.15) is 12.0 Å². The van der Waals surface area contributed by atoms with Gasteiger partial charge in [0.1, 0.15) is 0 Å². The van der Waals surface area contributed by atoms with Crippen LogP contribution in [0.2, 0.25) is 0 Å². The van der Waals surface area contributed by atoms with E-state index < -0.39 is 16.0 Å². The molecule has 0 bridgehead atoms. The monoisotopic (exact) mass is 375 g/mol. The van der Waals surface area contributed by atoms with Crippen molar-refractivity contribution >= 4 is 27.8 Å². The van der Waals surface area contributed by atoms with Crippen LogP contribution in [-0.4, -0.2) is 32.7 Å². The maximum absolute atomic E-state index is 12.5. The minimum absolute atomic E-state index is 0.0667. The van der Waals surface area contributed by atoms with Crippen molar-refractivity contribution in [3.8, 4) is 11.5 Å². The lowest BCUT2D eigenvalue weighted by Crippen LogP contribution is -2.13. The first-order valence-electron chi connectivity index (χ1n) is 7.87. The van der Waals surface area contributed by atoms with E-state index in [1.165, 1.54) is 30.3 Å². The molecule has 0 unspecified atom stereocenters. The summed E-state index contributed by atoms with van der Waals surface area (Å²) in [7, 11) is -3.78. The van der Waals surface area contributed by atoms with E-state index in [9.17, 15) is 13.2 Å². The van der Waals surface area contributed by atoms with Gasteiger partial charge in [0, 0.05) is 18.6 Å². The molecule has 2 aromatic rings. The number of hydrogen-bond donors (Lipinski definition) is 2. The molecule has 26 heavy (non-hydrogen) atoms. The number of fused-ring (bicyclic) bond motifs is 1.